The van der Waals surface area contributed by atoms with Gasteiger partial charge in [0, 0.05) is 0 Å². The maximum atomic E-state index is 1.65. The molecule has 5 atom stereocenters. The van der Waals surface area contributed by atoms with Gasteiger partial charge in [0.2, 0.25) is 0 Å². The Bertz CT molecular complexity index is 232. The zero-order chi connectivity index (χ0) is 7.76. The van der Waals surface area contributed by atoms with Crippen molar-refractivity contribution in [3.05, 3.63) is 0 Å². The third-order valence-electron chi connectivity index (χ3n) is 5.87. The van der Waals surface area contributed by atoms with Gasteiger partial charge in [0.05, 0.1) is 0 Å². The second kappa shape index (κ2) is 1.76. The predicted molar refractivity (Wildman–Crippen MR) is 48.7 cm³/mol. The van der Waals surface area contributed by atoms with Gasteiger partial charge in [-0.15, -0.1) is 0 Å². The Morgan fingerprint density at radius 1 is 1.00 bits per heavy atom. The van der Waals surface area contributed by atoms with E-state index in [0.717, 1.165) is 5.41 Å². The molecule has 5 unspecified atom stereocenters. The van der Waals surface area contributed by atoms with Crippen molar-refractivity contribution >= 4 is 0 Å². The molecule has 4 fully saturated rings. The van der Waals surface area contributed by atoms with E-state index in [1.807, 2.05) is 0 Å². The second-order valence-corrected chi connectivity index (χ2v) is 5.95. The largest absolute Gasteiger partial charge is 0.0499 e. The van der Waals surface area contributed by atoms with E-state index in [0.29, 0.717) is 0 Å². The number of hydrogen-bond acceptors (Lipinski definition) is 0. The summed E-state index contributed by atoms with van der Waals surface area (Å²) in [7, 11) is 0. The lowest BCUT2D eigenvalue weighted by atomic mass is 9.66. The van der Waals surface area contributed by atoms with Crippen molar-refractivity contribution in [1.82, 2.24) is 0 Å². The Balaban J connectivity index is 1.84. The van der Waals surface area contributed by atoms with Crippen LogP contribution in [0.15, 0.2) is 0 Å². The van der Waals surface area contributed by atoms with Crippen LogP contribution in [0.25, 0.3) is 0 Å². The average Bonchev–Trinajstić information content (AvgIpc) is 2.81. The second-order valence-electron chi connectivity index (χ2n) is 5.95. The van der Waals surface area contributed by atoms with E-state index in [-0.39, 0.29) is 0 Å². The third-order valence-corrected chi connectivity index (χ3v) is 5.87. The summed E-state index contributed by atoms with van der Waals surface area (Å²) in [5.41, 5.74) is 0.938. The van der Waals surface area contributed by atoms with E-state index in [2.05, 4.69) is 0 Å². The summed E-state index contributed by atoms with van der Waals surface area (Å²) in [5, 5.41) is 0. The molecule has 0 radical (unpaired) electrons. The highest BCUT2D eigenvalue weighted by Crippen LogP contribution is 2.73. The summed E-state index contributed by atoms with van der Waals surface area (Å²) in [5.74, 6) is 4.79. The molecule has 12 heavy (non-hydrogen) atoms. The van der Waals surface area contributed by atoms with Crippen molar-refractivity contribution in [3.63, 3.8) is 0 Å². The van der Waals surface area contributed by atoms with Crippen molar-refractivity contribution in [1.29, 1.82) is 0 Å². The van der Waals surface area contributed by atoms with Gasteiger partial charge in [-0.05, 0) is 74.0 Å². The molecule has 4 aliphatic rings. The lowest BCUT2D eigenvalue weighted by molar-refractivity contribution is 0.104. The minimum atomic E-state index is 0.938. The Kier molecular flexibility index (Phi) is 0.946. The van der Waals surface area contributed by atoms with Crippen LogP contribution in [0.5, 0.6) is 0 Å². The topological polar surface area (TPSA) is 0 Å². The van der Waals surface area contributed by atoms with Gasteiger partial charge in [0.25, 0.3) is 0 Å². The summed E-state index contributed by atoms with van der Waals surface area (Å²) < 4.78 is 0. The van der Waals surface area contributed by atoms with E-state index in [1.165, 1.54) is 23.7 Å². The van der Waals surface area contributed by atoms with Gasteiger partial charge in [-0.1, -0.05) is 0 Å². The predicted octanol–water partition coefficient (Wildman–Crippen LogP) is 3.22. The fourth-order valence-electron chi connectivity index (χ4n) is 5.59. The number of hydrogen-bond donors (Lipinski definition) is 0. The average molecular weight is 162 g/mol. The number of fused-ring (bicyclic) bond motifs is 4. The van der Waals surface area contributed by atoms with Gasteiger partial charge in [0.1, 0.15) is 0 Å². The summed E-state index contributed by atoms with van der Waals surface area (Å²) >= 11 is 0. The number of rotatable bonds is 0. The van der Waals surface area contributed by atoms with Crippen molar-refractivity contribution in [2.75, 3.05) is 0 Å². The van der Waals surface area contributed by atoms with Gasteiger partial charge < -0.3 is 0 Å². The molecule has 0 heterocycles. The smallest absolute Gasteiger partial charge is 0.0235 e. The van der Waals surface area contributed by atoms with Crippen molar-refractivity contribution in [2.24, 2.45) is 29.1 Å². The van der Waals surface area contributed by atoms with Crippen molar-refractivity contribution in [3.8, 4) is 0 Å². The Hall–Kier alpha value is 0. The molecule has 0 heteroatoms. The molecule has 0 N–H and O–H groups in total. The maximum Gasteiger partial charge on any atom is -0.0235 e. The standard InChI is InChI=1S/C12H18/c1-2-10-6-9(1)11-5-8-3-4-12(10,11)7-8/h8-11H,1-7H2. The van der Waals surface area contributed by atoms with Crippen LogP contribution in [0.1, 0.15) is 44.9 Å². The molecule has 0 aromatic carbocycles. The van der Waals surface area contributed by atoms with Gasteiger partial charge in [-0.3, -0.25) is 0 Å². The highest BCUT2D eigenvalue weighted by atomic mass is 14.7. The molecule has 1 spiro atoms. The molecule has 4 bridgehead atoms. The fraction of sp³-hybridized carbons (Fsp3) is 1.00. The summed E-state index contributed by atoms with van der Waals surface area (Å²) in [4.78, 5) is 0. The highest BCUT2D eigenvalue weighted by molar-refractivity contribution is 5.13. The third kappa shape index (κ3) is 0.506. The van der Waals surface area contributed by atoms with Gasteiger partial charge in [-0.2, -0.15) is 0 Å². The molecular weight excluding hydrogens is 144 g/mol. The van der Waals surface area contributed by atoms with E-state index in [9.17, 15) is 0 Å². The Morgan fingerprint density at radius 2 is 2.00 bits per heavy atom. The minimum absolute atomic E-state index is 0.938. The molecular formula is C12H18. The first-order valence-corrected chi connectivity index (χ1v) is 5.88. The molecule has 0 aromatic heterocycles. The zero-order valence-corrected chi connectivity index (χ0v) is 7.76. The monoisotopic (exact) mass is 162 g/mol. The van der Waals surface area contributed by atoms with Crippen LogP contribution in [0.2, 0.25) is 0 Å². The molecule has 0 amide bonds. The fourth-order valence-corrected chi connectivity index (χ4v) is 5.59. The van der Waals surface area contributed by atoms with Gasteiger partial charge >= 0.3 is 0 Å². The van der Waals surface area contributed by atoms with Crippen molar-refractivity contribution in [2.45, 2.75) is 44.9 Å². The molecule has 0 saturated heterocycles. The summed E-state index contributed by atoms with van der Waals surface area (Å²) in [6.07, 6.45) is 11.4. The lowest BCUT2D eigenvalue weighted by Crippen LogP contribution is -2.31. The van der Waals surface area contributed by atoms with Crippen LogP contribution in [-0.4, -0.2) is 0 Å². The quantitative estimate of drug-likeness (QED) is 0.513. The SMILES string of the molecule is C1CC23CC1CC2C1CCC3C1. The highest BCUT2D eigenvalue weighted by Gasteiger charge is 2.64. The normalized spacial score (nSPS) is 66.0. The van der Waals surface area contributed by atoms with E-state index in [1.54, 1.807) is 44.9 Å². The molecule has 0 nitrogen and oxygen atoms in total. The first-order chi connectivity index (χ1) is 5.88. The first kappa shape index (κ1) is 6.45. The first-order valence-electron chi connectivity index (χ1n) is 5.88. The molecule has 4 rings (SSSR count). The maximum absolute atomic E-state index is 1.65. The van der Waals surface area contributed by atoms with E-state index >= 15 is 0 Å². The Labute approximate surface area is 74.7 Å². The van der Waals surface area contributed by atoms with Crippen LogP contribution in [-0.2, 0) is 0 Å². The van der Waals surface area contributed by atoms with Crippen LogP contribution in [0.4, 0.5) is 0 Å². The van der Waals surface area contributed by atoms with Gasteiger partial charge in [0.15, 0.2) is 0 Å². The van der Waals surface area contributed by atoms with E-state index in [4.69, 9.17) is 0 Å². The van der Waals surface area contributed by atoms with Crippen LogP contribution in [0.3, 0.4) is 0 Å². The molecule has 0 aromatic rings. The zero-order valence-electron chi connectivity index (χ0n) is 7.76. The molecule has 66 valence electrons. The minimum Gasteiger partial charge on any atom is -0.0499 e. The van der Waals surface area contributed by atoms with Crippen molar-refractivity contribution < 1.29 is 0 Å². The summed E-state index contributed by atoms with van der Waals surface area (Å²) in [6, 6.07) is 0. The van der Waals surface area contributed by atoms with E-state index < -0.39 is 0 Å². The molecule has 4 aliphatic carbocycles. The lowest BCUT2D eigenvalue weighted by Gasteiger charge is -2.39. The Morgan fingerprint density at radius 3 is 2.83 bits per heavy atom. The van der Waals surface area contributed by atoms with Gasteiger partial charge in [-0.25, -0.2) is 0 Å². The molecule has 4 saturated carbocycles. The van der Waals surface area contributed by atoms with Crippen LogP contribution < -0.4 is 0 Å². The summed E-state index contributed by atoms with van der Waals surface area (Å²) in [6.45, 7) is 0. The van der Waals surface area contributed by atoms with Crippen LogP contribution >= 0.6 is 0 Å². The van der Waals surface area contributed by atoms with Crippen LogP contribution in [0, 0.1) is 29.1 Å². The molecule has 0 aliphatic heterocycles.